The molecule has 1 aromatic rings. The number of carbonyl (C=O) groups is 3. The predicted molar refractivity (Wildman–Crippen MR) is 92.2 cm³/mol. The second kappa shape index (κ2) is 5.94. The van der Waals surface area contributed by atoms with E-state index in [0.717, 1.165) is 12.0 Å². The number of aryl methyl sites for hydroxylation is 1. The van der Waals surface area contributed by atoms with Gasteiger partial charge in [0.1, 0.15) is 6.10 Å². The highest BCUT2D eigenvalue weighted by Gasteiger charge is 2.68. The number of fused-ring (bicyclic) bond motifs is 1. The standard InChI is InChI=1S/C19H19BrO5/c1-8-3-5-10(6-4-8)16(21)9(2)24-18(22)13-11-7-12-14(13)19(23)25-17(12)15(11)20/h3-6,9,11-15,17H,7H2,1-2H3/t9-,11+,12+,13+,14-,15+,17-/m0/s1. The molecule has 1 aliphatic heterocycles. The zero-order valence-electron chi connectivity index (χ0n) is 14.0. The van der Waals surface area contributed by atoms with Gasteiger partial charge in [-0.2, -0.15) is 0 Å². The van der Waals surface area contributed by atoms with E-state index in [0.29, 0.717) is 5.56 Å². The predicted octanol–water partition coefficient (Wildman–Crippen LogP) is 2.68. The second-order valence-corrected chi connectivity index (χ2v) is 8.33. The van der Waals surface area contributed by atoms with E-state index in [-0.39, 0.29) is 34.5 Å². The van der Waals surface area contributed by atoms with Crippen LogP contribution in [-0.2, 0) is 19.1 Å². The molecule has 0 aromatic heterocycles. The molecule has 0 spiro atoms. The van der Waals surface area contributed by atoms with Crippen LogP contribution in [0.5, 0.6) is 0 Å². The molecule has 5 nitrogen and oxygen atoms in total. The normalized spacial score (nSPS) is 36.2. The SMILES string of the molecule is Cc1ccc(C(=O)[C@H](C)OC(=O)[C@@H]2[C@H]3C[C@H]4[C@H](OC(=O)[C@@H]42)[C@@H]3Br)cc1. The molecular formula is C19H19BrO5. The third kappa shape index (κ3) is 2.53. The van der Waals surface area contributed by atoms with E-state index in [9.17, 15) is 14.4 Å². The third-order valence-electron chi connectivity index (χ3n) is 5.79. The van der Waals surface area contributed by atoms with Crippen LogP contribution in [0.3, 0.4) is 0 Å². The molecule has 7 atom stereocenters. The van der Waals surface area contributed by atoms with Crippen LogP contribution < -0.4 is 0 Å². The van der Waals surface area contributed by atoms with Gasteiger partial charge in [-0.05, 0) is 26.2 Å². The van der Waals surface area contributed by atoms with Gasteiger partial charge in [0, 0.05) is 11.5 Å². The first-order valence-corrected chi connectivity index (χ1v) is 9.46. The molecule has 132 valence electrons. The molecule has 1 aromatic carbocycles. The highest BCUT2D eigenvalue weighted by molar-refractivity contribution is 9.09. The number of hydrogen-bond acceptors (Lipinski definition) is 5. The molecule has 4 rings (SSSR count). The Balaban J connectivity index is 1.48. The van der Waals surface area contributed by atoms with Crippen LogP contribution in [0.1, 0.15) is 29.3 Å². The molecule has 0 amide bonds. The number of hydrogen-bond donors (Lipinski definition) is 0. The highest BCUT2D eigenvalue weighted by Crippen LogP contribution is 2.60. The molecule has 1 saturated heterocycles. The first-order chi connectivity index (χ1) is 11.9. The number of benzene rings is 1. The minimum atomic E-state index is -0.878. The zero-order valence-corrected chi connectivity index (χ0v) is 15.6. The number of halogens is 1. The molecule has 6 heteroatoms. The second-order valence-electron chi connectivity index (χ2n) is 7.27. The van der Waals surface area contributed by atoms with Gasteiger partial charge >= 0.3 is 11.9 Å². The van der Waals surface area contributed by atoms with Gasteiger partial charge in [0.2, 0.25) is 5.78 Å². The topological polar surface area (TPSA) is 69.7 Å². The highest BCUT2D eigenvalue weighted by atomic mass is 79.9. The number of ether oxygens (including phenoxy) is 2. The van der Waals surface area contributed by atoms with E-state index in [4.69, 9.17) is 9.47 Å². The first kappa shape index (κ1) is 16.8. The lowest BCUT2D eigenvalue weighted by atomic mass is 9.80. The van der Waals surface area contributed by atoms with Crippen molar-refractivity contribution in [3.63, 3.8) is 0 Å². The van der Waals surface area contributed by atoms with Crippen molar-refractivity contribution in [3.8, 4) is 0 Å². The van der Waals surface area contributed by atoms with Gasteiger partial charge in [-0.25, -0.2) is 0 Å². The van der Waals surface area contributed by atoms with E-state index in [1.165, 1.54) is 0 Å². The van der Waals surface area contributed by atoms with Crippen LogP contribution in [0.15, 0.2) is 24.3 Å². The third-order valence-corrected chi connectivity index (χ3v) is 6.99. The summed E-state index contributed by atoms with van der Waals surface area (Å²) in [4.78, 5) is 37.3. The van der Waals surface area contributed by atoms with Crippen LogP contribution in [-0.4, -0.2) is 34.8 Å². The van der Waals surface area contributed by atoms with Crippen LogP contribution in [0, 0.1) is 30.6 Å². The summed E-state index contributed by atoms with van der Waals surface area (Å²) in [6.45, 7) is 3.52. The lowest BCUT2D eigenvalue weighted by Crippen LogP contribution is -2.40. The fraction of sp³-hybridized carbons (Fsp3) is 0.526. The summed E-state index contributed by atoms with van der Waals surface area (Å²) in [5, 5.41) is 0. The van der Waals surface area contributed by atoms with Gasteiger partial charge in [-0.1, -0.05) is 45.8 Å². The maximum atomic E-state index is 12.7. The van der Waals surface area contributed by atoms with Crippen molar-refractivity contribution >= 4 is 33.7 Å². The van der Waals surface area contributed by atoms with Gasteiger partial charge in [-0.15, -0.1) is 0 Å². The summed E-state index contributed by atoms with van der Waals surface area (Å²) in [6.07, 6.45) is -0.216. The minimum absolute atomic E-state index is 0.0131. The maximum Gasteiger partial charge on any atom is 0.310 e. The Kier molecular flexibility index (Phi) is 3.98. The monoisotopic (exact) mass is 406 g/mol. The van der Waals surface area contributed by atoms with Gasteiger partial charge in [0.25, 0.3) is 0 Å². The number of ketones is 1. The van der Waals surface area contributed by atoms with Gasteiger partial charge in [0.15, 0.2) is 6.10 Å². The molecule has 2 aliphatic carbocycles. The average Bonchev–Trinajstić information content (AvgIpc) is 3.19. The molecule has 3 fully saturated rings. The van der Waals surface area contributed by atoms with Crippen LogP contribution in [0.25, 0.3) is 0 Å². The van der Waals surface area contributed by atoms with Gasteiger partial charge in [-0.3, -0.25) is 14.4 Å². The molecule has 3 aliphatic rings. The Bertz CT molecular complexity index is 743. The maximum absolute atomic E-state index is 12.7. The molecule has 1 heterocycles. The number of rotatable bonds is 4. The van der Waals surface area contributed by atoms with Crippen molar-refractivity contribution < 1.29 is 23.9 Å². The Hall–Kier alpha value is -1.69. The van der Waals surface area contributed by atoms with Crippen LogP contribution in [0.4, 0.5) is 0 Å². The summed E-state index contributed by atoms with van der Waals surface area (Å²) in [7, 11) is 0. The number of carbonyl (C=O) groups excluding carboxylic acids is 3. The van der Waals surface area contributed by atoms with E-state index in [1.807, 2.05) is 19.1 Å². The lowest BCUT2D eigenvalue weighted by Gasteiger charge is -2.27. The molecule has 25 heavy (non-hydrogen) atoms. The first-order valence-electron chi connectivity index (χ1n) is 8.54. The minimum Gasteiger partial charge on any atom is -0.461 e. The Morgan fingerprint density at radius 2 is 1.92 bits per heavy atom. The molecule has 2 saturated carbocycles. The Morgan fingerprint density at radius 3 is 2.60 bits per heavy atom. The number of esters is 2. The van der Waals surface area contributed by atoms with Crippen molar-refractivity contribution in [2.24, 2.45) is 23.7 Å². The van der Waals surface area contributed by atoms with Crippen LogP contribution in [0.2, 0.25) is 0 Å². The van der Waals surface area contributed by atoms with Crippen LogP contribution >= 0.6 is 15.9 Å². The van der Waals surface area contributed by atoms with E-state index < -0.39 is 23.9 Å². The fourth-order valence-electron chi connectivity index (χ4n) is 4.55. The Labute approximate surface area is 154 Å². The molecule has 0 radical (unpaired) electrons. The smallest absolute Gasteiger partial charge is 0.310 e. The van der Waals surface area contributed by atoms with E-state index in [1.54, 1.807) is 19.1 Å². The summed E-state index contributed by atoms with van der Waals surface area (Å²) in [5.41, 5.74) is 1.57. The summed E-state index contributed by atoms with van der Waals surface area (Å²) in [6, 6.07) is 7.16. The summed E-state index contributed by atoms with van der Waals surface area (Å²) in [5.74, 6) is -1.83. The van der Waals surface area contributed by atoms with E-state index in [2.05, 4.69) is 15.9 Å². The largest absolute Gasteiger partial charge is 0.461 e. The number of alkyl halides is 1. The van der Waals surface area contributed by atoms with Gasteiger partial charge < -0.3 is 9.47 Å². The summed E-state index contributed by atoms with van der Waals surface area (Å²) < 4.78 is 10.9. The molecule has 0 unspecified atom stereocenters. The Morgan fingerprint density at radius 1 is 1.24 bits per heavy atom. The van der Waals surface area contributed by atoms with Gasteiger partial charge in [0.05, 0.1) is 16.7 Å². The van der Waals surface area contributed by atoms with Crippen molar-refractivity contribution in [2.75, 3.05) is 0 Å². The summed E-state index contributed by atoms with van der Waals surface area (Å²) >= 11 is 3.57. The van der Waals surface area contributed by atoms with Crippen molar-refractivity contribution in [1.29, 1.82) is 0 Å². The average molecular weight is 407 g/mol. The van der Waals surface area contributed by atoms with Crippen molar-refractivity contribution in [2.45, 2.75) is 37.3 Å². The molecule has 2 bridgehead atoms. The fourth-order valence-corrected chi connectivity index (χ4v) is 5.60. The molecular weight excluding hydrogens is 388 g/mol. The zero-order chi connectivity index (χ0) is 17.9. The quantitative estimate of drug-likeness (QED) is 0.436. The van der Waals surface area contributed by atoms with Crippen molar-refractivity contribution in [1.82, 2.24) is 0 Å². The molecule has 0 N–H and O–H groups in total. The number of Topliss-reactive ketones (excluding diaryl/α,β-unsaturated/α-hetero) is 1. The lowest BCUT2D eigenvalue weighted by molar-refractivity contribution is -0.157. The van der Waals surface area contributed by atoms with E-state index >= 15 is 0 Å². The van der Waals surface area contributed by atoms with Crippen molar-refractivity contribution in [3.05, 3.63) is 35.4 Å².